The molecule has 0 saturated carbocycles. The smallest absolute Gasteiger partial charge is 0.380 e. The summed E-state index contributed by atoms with van der Waals surface area (Å²) in [6, 6.07) is 5.07. The zero-order valence-electron chi connectivity index (χ0n) is 24.5. The van der Waals surface area contributed by atoms with Gasteiger partial charge in [-0.05, 0) is 44.9 Å². The van der Waals surface area contributed by atoms with Crippen molar-refractivity contribution in [2.24, 2.45) is 12.0 Å². The second kappa shape index (κ2) is 13.8. The van der Waals surface area contributed by atoms with Gasteiger partial charge in [0, 0.05) is 62.8 Å². The van der Waals surface area contributed by atoms with Crippen LogP contribution in [0.3, 0.4) is 0 Å². The minimum absolute atomic E-state index is 0.0211. The van der Waals surface area contributed by atoms with E-state index in [2.05, 4.69) is 25.8 Å². The number of aromatic nitrogens is 2. The first-order valence-electron chi connectivity index (χ1n) is 14.0. The molecule has 2 aromatic rings. The van der Waals surface area contributed by atoms with Crippen molar-refractivity contribution in [1.29, 1.82) is 0 Å². The van der Waals surface area contributed by atoms with Crippen molar-refractivity contribution >= 4 is 11.6 Å². The Morgan fingerprint density at radius 2 is 1.75 bits per heavy atom. The van der Waals surface area contributed by atoms with Gasteiger partial charge in [-0.25, -0.2) is 0 Å². The Labute approximate surface area is 234 Å². The van der Waals surface area contributed by atoms with E-state index in [0.29, 0.717) is 63.8 Å². The van der Waals surface area contributed by atoms with Gasteiger partial charge in [0.25, 0.3) is 5.91 Å². The van der Waals surface area contributed by atoms with Crippen LogP contribution in [0.4, 0.5) is 18.9 Å². The molecule has 1 aliphatic heterocycles. The Morgan fingerprint density at radius 1 is 1.10 bits per heavy atom. The molecule has 11 heteroatoms. The first kappa shape index (κ1) is 31.9. The molecule has 1 fully saturated rings. The predicted molar refractivity (Wildman–Crippen MR) is 148 cm³/mol. The van der Waals surface area contributed by atoms with Crippen molar-refractivity contribution in [3.05, 3.63) is 46.6 Å². The Kier molecular flexibility index (Phi) is 11.0. The normalized spacial score (nSPS) is 16.6. The molecule has 0 aliphatic carbocycles. The minimum atomic E-state index is -4.61. The first-order valence-corrected chi connectivity index (χ1v) is 14.0. The second-order valence-corrected chi connectivity index (χ2v) is 10.9. The number of alkyl halides is 3. The van der Waals surface area contributed by atoms with Crippen LogP contribution in [0.2, 0.25) is 0 Å². The van der Waals surface area contributed by atoms with Crippen LogP contribution in [0, 0.1) is 0 Å². The lowest BCUT2D eigenvalue weighted by atomic mass is 9.92. The van der Waals surface area contributed by atoms with Crippen LogP contribution < -0.4 is 10.4 Å². The third-order valence-electron chi connectivity index (χ3n) is 6.94. The van der Waals surface area contributed by atoms with E-state index in [1.165, 1.54) is 6.07 Å². The molecule has 1 saturated heterocycles. The van der Waals surface area contributed by atoms with Crippen LogP contribution in [0.1, 0.15) is 69.1 Å². The maximum absolute atomic E-state index is 13.8. The Balaban J connectivity index is 2.13. The van der Waals surface area contributed by atoms with Gasteiger partial charge < -0.3 is 19.1 Å². The van der Waals surface area contributed by atoms with Gasteiger partial charge in [-0.1, -0.05) is 20.8 Å². The fourth-order valence-corrected chi connectivity index (χ4v) is 4.88. The zero-order valence-corrected chi connectivity index (χ0v) is 24.5. The molecule has 0 N–H and O–H groups in total. The van der Waals surface area contributed by atoms with Crippen molar-refractivity contribution in [3.63, 3.8) is 0 Å². The molecule has 0 unspecified atom stereocenters. The van der Waals surface area contributed by atoms with Gasteiger partial charge in [0.15, 0.2) is 5.49 Å². The third kappa shape index (κ3) is 8.20. The minimum Gasteiger partial charge on any atom is -0.380 e. The van der Waals surface area contributed by atoms with E-state index in [1.54, 1.807) is 0 Å². The lowest BCUT2D eigenvalue weighted by molar-refractivity contribution is -0.137. The Bertz CT molecular complexity index is 1180. The van der Waals surface area contributed by atoms with E-state index in [1.807, 2.05) is 41.2 Å². The lowest BCUT2D eigenvalue weighted by Crippen LogP contribution is -2.33. The summed E-state index contributed by atoms with van der Waals surface area (Å²) in [5, 5.41) is 0. The van der Waals surface area contributed by atoms with Gasteiger partial charge in [-0.15, -0.1) is 0 Å². The molecule has 1 amide bonds. The second-order valence-electron chi connectivity index (χ2n) is 10.9. The summed E-state index contributed by atoms with van der Waals surface area (Å²) in [7, 11) is 1.90. The highest BCUT2D eigenvalue weighted by Crippen LogP contribution is 2.33. The highest BCUT2D eigenvalue weighted by Gasteiger charge is 2.33. The van der Waals surface area contributed by atoms with Crippen molar-refractivity contribution in [2.45, 2.75) is 71.7 Å². The van der Waals surface area contributed by atoms with Gasteiger partial charge in [0.05, 0.1) is 37.0 Å². The number of amides is 1. The number of anilines is 1. The summed E-state index contributed by atoms with van der Waals surface area (Å²) in [6.07, 6.45) is -2.78. The van der Waals surface area contributed by atoms with Crippen molar-refractivity contribution < 1.29 is 32.2 Å². The molecule has 2 heterocycles. The van der Waals surface area contributed by atoms with Gasteiger partial charge in [0.1, 0.15) is 0 Å². The van der Waals surface area contributed by atoms with E-state index in [9.17, 15) is 18.0 Å². The number of hydrogen-bond donors (Lipinski definition) is 0. The number of hydrogen-bond acceptors (Lipinski definition) is 5. The maximum atomic E-state index is 13.8. The Morgan fingerprint density at radius 3 is 2.27 bits per heavy atom. The monoisotopic (exact) mass is 568 g/mol. The van der Waals surface area contributed by atoms with E-state index >= 15 is 0 Å². The standard InChI is InChI=1S/C29H43F3N4O4/c1-7-38-16-13-35(14-17-39-8-2)24-12-11-21(29(30,31)32)18-23(24)27(37)33-26-19-25(28(3,4)5)34(6)36(26)20-22-10-9-15-40-22/h11-12,18-19,22H,7-10,13-17,20H2,1-6H3/b33-26+/t22-/m1/s1. The van der Waals surface area contributed by atoms with Crippen LogP contribution in [-0.4, -0.2) is 67.5 Å². The number of nitrogens with zero attached hydrogens (tertiary/aromatic N) is 4. The summed E-state index contributed by atoms with van der Waals surface area (Å²) in [5.41, 5.74) is 0.412. The summed E-state index contributed by atoms with van der Waals surface area (Å²) in [6.45, 7) is 13.6. The zero-order chi connectivity index (χ0) is 29.5. The largest absolute Gasteiger partial charge is 0.416 e. The van der Waals surface area contributed by atoms with Crippen molar-refractivity contribution in [3.8, 4) is 0 Å². The predicted octanol–water partition coefficient (Wildman–Crippen LogP) is 4.94. The third-order valence-corrected chi connectivity index (χ3v) is 6.94. The SMILES string of the molecule is CCOCCN(CCOCC)c1ccc(C(F)(F)F)cc1C(=O)/N=c1\cc(C(C)(C)C)n(C)n1C[C@H]1CCCO1. The molecule has 0 radical (unpaired) electrons. The molecule has 1 aromatic heterocycles. The number of ether oxygens (including phenoxy) is 3. The van der Waals surface area contributed by atoms with Crippen molar-refractivity contribution in [1.82, 2.24) is 9.36 Å². The average molecular weight is 569 g/mol. The molecule has 3 rings (SSSR count). The Hall–Kier alpha value is -2.63. The number of carbonyl (C=O) groups is 1. The molecule has 0 spiro atoms. The number of benzene rings is 1. The van der Waals surface area contributed by atoms with Gasteiger partial charge in [0.2, 0.25) is 0 Å². The van der Waals surface area contributed by atoms with E-state index in [-0.39, 0.29) is 17.1 Å². The number of rotatable bonds is 12. The van der Waals surface area contributed by atoms with E-state index in [0.717, 1.165) is 30.7 Å². The van der Waals surface area contributed by atoms with E-state index < -0.39 is 17.6 Å². The van der Waals surface area contributed by atoms with Crippen LogP contribution in [-0.2, 0) is 39.4 Å². The van der Waals surface area contributed by atoms with Crippen molar-refractivity contribution in [2.75, 3.05) is 51.0 Å². The van der Waals surface area contributed by atoms with Crippen LogP contribution >= 0.6 is 0 Å². The fourth-order valence-electron chi connectivity index (χ4n) is 4.88. The van der Waals surface area contributed by atoms with Crippen LogP contribution in [0.5, 0.6) is 0 Å². The average Bonchev–Trinajstić information content (AvgIpc) is 3.51. The molecule has 8 nitrogen and oxygen atoms in total. The summed E-state index contributed by atoms with van der Waals surface area (Å²) < 4.78 is 61.9. The topological polar surface area (TPSA) is 70.2 Å². The maximum Gasteiger partial charge on any atom is 0.416 e. The molecule has 40 heavy (non-hydrogen) atoms. The van der Waals surface area contributed by atoms with Gasteiger partial charge in [-0.3, -0.25) is 14.2 Å². The summed E-state index contributed by atoms with van der Waals surface area (Å²) in [5.74, 6) is -0.744. The van der Waals surface area contributed by atoms with Gasteiger partial charge >= 0.3 is 6.18 Å². The molecule has 1 aliphatic rings. The molecular weight excluding hydrogens is 525 g/mol. The highest BCUT2D eigenvalue weighted by atomic mass is 19.4. The van der Waals surface area contributed by atoms with E-state index in [4.69, 9.17) is 14.2 Å². The van der Waals surface area contributed by atoms with Crippen LogP contribution in [0.25, 0.3) is 0 Å². The van der Waals surface area contributed by atoms with Gasteiger partial charge in [-0.2, -0.15) is 18.2 Å². The molecule has 1 atom stereocenters. The molecular formula is C29H43F3N4O4. The summed E-state index contributed by atoms with van der Waals surface area (Å²) in [4.78, 5) is 20.0. The fraction of sp³-hybridized carbons (Fsp3) is 0.655. The molecule has 224 valence electrons. The summed E-state index contributed by atoms with van der Waals surface area (Å²) >= 11 is 0. The molecule has 1 aromatic carbocycles. The number of halogens is 3. The van der Waals surface area contributed by atoms with Crippen LogP contribution in [0.15, 0.2) is 29.3 Å². The molecule has 0 bridgehead atoms. The highest BCUT2D eigenvalue weighted by molar-refractivity contribution is 6.00. The first-order chi connectivity index (χ1) is 18.9. The quantitative estimate of drug-likeness (QED) is 0.339. The number of carbonyl (C=O) groups excluding carboxylic acids is 1. The lowest BCUT2D eigenvalue weighted by Gasteiger charge is -2.27.